The molecule has 202 valence electrons. The van der Waals surface area contributed by atoms with Gasteiger partial charge in [-0.05, 0) is 59.9 Å². The first kappa shape index (κ1) is 28.8. The monoisotopic (exact) mass is 514 g/mol. The van der Waals surface area contributed by atoms with Crippen molar-refractivity contribution in [1.29, 1.82) is 0 Å². The highest BCUT2D eigenvalue weighted by Crippen LogP contribution is 2.36. The van der Waals surface area contributed by atoms with Gasteiger partial charge in [-0.1, -0.05) is 82.7 Å². The Hall–Kier alpha value is -3.80. The van der Waals surface area contributed by atoms with Gasteiger partial charge in [0.1, 0.15) is 0 Å². The van der Waals surface area contributed by atoms with Crippen molar-refractivity contribution >= 4 is 23.2 Å². The summed E-state index contributed by atoms with van der Waals surface area (Å²) in [4.78, 5) is 25.2. The second kappa shape index (κ2) is 14.8. The highest BCUT2D eigenvalue weighted by atomic mass is 16.1. The number of nitrogens with one attached hydrogen (secondary N) is 2. The van der Waals surface area contributed by atoms with Crippen LogP contribution in [0.3, 0.4) is 0 Å². The highest BCUT2D eigenvalue weighted by Gasteiger charge is 2.22. The lowest BCUT2D eigenvalue weighted by atomic mass is 9.87. The predicted molar refractivity (Wildman–Crippen MR) is 160 cm³/mol. The van der Waals surface area contributed by atoms with E-state index in [1.807, 2.05) is 48.5 Å². The molecule has 2 amide bonds. The SMILES string of the molecule is CCCCCCNc1ccc(-c2ccc(C(N)=O)c(-c3ccc(NCCCCCC)cc3)c2C(N)=O)cc1. The van der Waals surface area contributed by atoms with Crippen LogP contribution < -0.4 is 22.1 Å². The number of amides is 2. The molecular weight excluding hydrogens is 472 g/mol. The average Bonchev–Trinajstić information content (AvgIpc) is 2.92. The van der Waals surface area contributed by atoms with Gasteiger partial charge in [-0.25, -0.2) is 0 Å². The summed E-state index contributed by atoms with van der Waals surface area (Å²) in [6, 6.07) is 19.1. The molecule has 0 saturated heterocycles. The Morgan fingerprint density at radius 3 is 1.55 bits per heavy atom. The normalized spacial score (nSPS) is 10.8. The Morgan fingerprint density at radius 1 is 0.605 bits per heavy atom. The van der Waals surface area contributed by atoms with Crippen LogP contribution in [0.2, 0.25) is 0 Å². The van der Waals surface area contributed by atoms with Gasteiger partial charge < -0.3 is 22.1 Å². The third-order valence-corrected chi connectivity index (χ3v) is 6.81. The minimum atomic E-state index is -0.602. The summed E-state index contributed by atoms with van der Waals surface area (Å²) in [5, 5.41) is 6.89. The van der Waals surface area contributed by atoms with Crippen LogP contribution in [0.1, 0.15) is 85.9 Å². The van der Waals surface area contributed by atoms with E-state index in [4.69, 9.17) is 11.5 Å². The van der Waals surface area contributed by atoms with Gasteiger partial charge in [0.25, 0.3) is 0 Å². The zero-order valence-corrected chi connectivity index (χ0v) is 22.8. The molecule has 0 radical (unpaired) electrons. The number of rotatable bonds is 16. The predicted octanol–water partition coefficient (Wildman–Crippen LogP) is 7.20. The number of primary amides is 2. The molecule has 0 unspecified atom stereocenters. The van der Waals surface area contributed by atoms with Crippen LogP contribution in [0.15, 0.2) is 60.7 Å². The molecule has 3 aromatic rings. The molecule has 38 heavy (non-hydrogen) atoms. The first-order valence-corrected chi connectivity index (χ1v) is 13.9. The molecule has 0 fully saturated rings. The third kappa shape index (κ3) is 7.85. The van der Waals surface area contributed by atoms with Crippen molar-refractivity contribution in [2.45, 2.75) is 65.2 Å². The molecule has 3 rings (SSSR count). The summed E-state index contributed by atoms with van der Waals surface area (Å²) < 4.78 is 0. The zero-order chi connectivity index (χ0) is 27.3. The number of carbonyl (C=O) groups excluding carboxylic acids is 2. The number of unbranched alkanes of at least 4 members (excludes halogenated alkanes) is 6. The zero-order valence-electron chi connectivity index (χ0n) is 22.8. The van der Waals surface area contributed by atoms with Crippen LogP contribution in [0.4, 0.5) is 11.4 Å². The Bertz CT molecular complexity index is 1190. The van der Waals surface area contributed by atoms with Crippen LogP contribution in [-0.2, 0) is 0 Å². The van der Waals surface area contributed by atoms with Gasteiger partial charge in [-0.15, -0.1) is 0 Å². The summed E-state index contributed by atoms with van der Waals surface area (Å²) in [5.41, 5.74) is 16.9. The van der Waals surface area contributed by atoms with Gasteiger partial charge in [-0.3, -0.25) is 9.59 Å². The van der Waals surface area contributed by atoms with E-state index in [0.717, 1.165) is 48.4 Å². The molecule has 0 aromatic heterocycles. The van der Waals surface area contributed by atoms with Crippen LogP contribution in [0.25, 0.3) is 22.3 Å². The topological polar surface area (TPSA) is 110 Å². The molecule has 6 N–H and O–H groups in total. The largest absolute Gasteiger partial charge is 0.385 e. The second-order valence-corrected chi connectivity index (χ2v) is 9.77. The maximum Gasteiger partial charge on any atom is 0.249 e. The lowest BCUT2D eigenvalue weighted by Gasteiger charge is -2.17. The summed E-state index contributed by atoms with van der Waals surface area (Å²) >= 11 is 0. The minimum absolute atomic E-state index is 0.271. The molecule has 0 aliphatic heterocycles. The van der Waals surface area contributed by atoms with Crippen LogP contribution in [0.5, 0.6) is 0 Å². The Balaban J connectivity index is 1.89. The van der Waals surface area contributed by atoms with E-state index in [2.05, 4.69) is 24.5 Å². The fourth-order valence-corrected chi connectivity index (χ4v) is 4.70. The van der Waals surface area contributed by atoms with Gasteiger partial charge in [-0.2, -0.15) is 0 Å². The molecular formula is C32H42N4O2. The van der Waals surface area contributed by atoms with Gasteiger partial charge in [0, 0.05) is 35.6 Å². The summed E-state index contributed by atoms with van der Waals surface area (Å²) in [7, 11) is 0. The van der Waals surface area contributed by atoms with Crippen molar-refractivity contribution in [3.63, 3.8) is 0 Å². The minimum Gasteiger partial charge on any atom is -0.385 e. The Labute approximate surface area is 227 Å². The Morgan fingerprint density at radius 2 is 1.11 bits per heavy atom. The van der Waals surface area contributed by atoms with E-state index in [1.54, 1.807) is 12.1 Å². The van der Waals surface area contributed by atoms with Gasteiger partial charge in [0.05, 0.1) is 5.56 Å². The quantitative estimate of drug-likeness (QED) is 0.151. The van der Waals surface area contributed by atoms with E-state index in [0.29, 0.717) is 16.7 Å². The standard InChI is InChI=1S/C32H42N4O2/c1-3-5-7-9-21-35-25-15-11-23(12-16-25)27-19-20-28(31(33)37)29(30(27)32(34)38)24-13-17-26(18-14-24)36-22-10-8-6-4-2/h11-20,35-36H,3-10,21-22H2,1-2H3,(H2,33,37)(H2,34,38). The van der Waals surface area contributed by atoms with E-state index in [1.165, 1.54) is 38.5 Å². The molecule has 0 spiro atoms. The molecule has 6 heteroatoms. The average molecular weight is 515 g/mol. The molecule has 0 bridgehead atoms. The highest BCUT2D eigenvalue weighted by molar-refractivity contribution is 6.12. The van der Waals surface area contributed by atoms with Crippen molar-refractivity contribution in [3.05, 3.63) is 71.8 Å². The van der Waals surface area contributed by atoms with Crippen molar-refractivity contribution in [2.24, 2.45) is 11.5 Å². The van der Waals surface area contributed by atoms with Crippen molar-refractivity contribution in [3.8, 4) is 22.3 Å². The summed E-state index contributed by atoms with van der Waals surface area (Å²) in [6.07, 6.45) is 9.57. The van der Waals surface area contributed by atoms with E-state index in [-0.39, 0.29) is 5.56 Å². The van der Waals surface area contributed by atoms with Gasteiger partial charge >= 0.3 is 0 Å². The molecule has 3 aromatic carbocycles. The first-order valence-electron chi connectivity index (χ1n) is 13.9. The number of hydrogen-bond donors (Lipinski definition) is 4. The van der Waals surface area contributed by atoms with E-state index >= 15 is 0 Å². The lowest BCUT2D eigenvalue weighted by Crippen LogP contribution is -2.19. The number of benzene rings is 3. The van der Waals surface area contributed by atoms with Crippen molar-refractivity contribution < 1.29 is 9.59 Å². The van der Waals surface area contributed by atoms with Crippen LogP contribution in [0, 0.1) is 0 Å². The fourth-order valence-electron chi connectivity index (χ4n) is 4.70. The van der Waals surface area contributed by atoms with E-state index < -0.39 is 11.8 Å². The second-order valence-electron chi connectivity index (χ2n) is 9.77. The molecule has 6 nitrogen and oxygen atoms in total. The number of nitrogens with two attached hydrogens (primary N) is 2. The maximum absolute atomic E-state index is 12.8. The molecule has 0 aliphatic carbocycles. The smallest absolute Gasteiger partial charge is 0.249 e. The fraction of sp³-hybridized carbons (Fsp3) is 0.375. The molecule has 0 heterocycles. The third-order valence-electron chi connectivity index (χ3n) is 6.81. The number of anilines is 2. The summed E-state index contributed by atoms with van der Waals surface area (Å²) in [6.45, 7) is 6.23. The first-order chi connectivity index (χ1) is 18.5. The maximum atomic E-state index is 12.8. The van der Waals surface area contributed by atoms with Gasteiger partial charge in [0.2, 0.25) is 11.8 Å². The lowest BCUT2D eigenvalue weighted by molar-refractivity contribution is 0.0999. The molecule has 0 aliphatic rings. The number of carbonyl (C=O) groups is 2. The van der Waals surface area contributed by atoms with Crippen molar-refractivity contribution in [2.75, 3.05) is 23.7 Å². The van der Waals surface area contributed by atoms with Crippen molar-refractivity contribution in [1.82, 2.24) is 0 Å². The number of hydrogen-bond acceptors (Lipinski definition) is 4. The Kier molecular flexibility index (Phi) is 11.2. The van der Waals surface area contributed by atoms with Gasteiger partial charge in [0.15, 0.2) is 0 Å². The van der Waals surface area contributed by atoms with E-state index in [9.17, 15) is 9.59 Å². The summed E-state index contributed by atoms with van der Waals surface area (Å²) in [5.74, 6) is -1.20. The van der Waals surface area contributed by atoms with Crippen LogP contribution >= 0.6 is 0 Å². The molecule has 0 atom stereocenters. The molecule has 0 saturated carbocycles. The van der Waals surface area contributed by atoms with Crippen LogP contribution in [-0.4, -0.2) is 24.9 Å².